The predicted octanol–water partition coefficient (Wildman–Crippen LogP) is 1.78. The number of benzene rings is 1. The number of hydrogen-bond donors (Lipinski definition) is 1. The minimum Gasteiger partial charge on any atom is -0.467 e. The van der Waals surface area contributed by atoms with E-state index in [1.807, 2.05) is 6.07 Å². The van der Waals surface area contributed by atoms with Gasteiger partial charge in [-0.1, -0.05) is 12.1 Å². The molecule has 0 aliphatic rings. The number of aryl methyl sites for hydroxylation is 1. The first-order valence-corrected chi connectivity index (χ1v) is 8.69. The molecule has 1 amide bonds. The topological polar surface area (TPSA) is 79.6 Å². The highest BCUT2D eigenvalue weighted by Gasteiger charge is 2.12. The largest absolute Gasteiger partial charge is 0.467 e. The molecule has 23 heavy (non-hydrogen) atoms. The Bertz CT molecular complexity index is 737. The smallest absolute Gasteiger partial charge is 0.240 e. The highest BCUT2D eigenvalue weighted by atomic mass is 32.2. The maximum Gasteiger partial charge on any atom is 0.240 e. The zero-order valence-corrected chi connectivity index (χ0v) is 14.0. The minimum atomic E-state index is -3.42. The Morgan fingerprint density at radius 3 is 2.48 bits per heavy atom. The van der Waals surface area contributed by atoms with Gasteiger partial charge in [0.05, 0.1) is 17.7 Å². The van der Waals surface area contributed by atoms with E-state index in [2.05, 4.69) is 4.72 Å². The second-order valence-electron chi connectivity index (χ2n) is 5.18. The van der Waals surface area contributed by atoms with Crippen LogP contribution in [0, 0.1) is 0 Å². The molecule has 7 heteroatoms. The van der Waals surface area contributed by atoms with Crippen LogP contribution >= 0.6 is 0 Å². The Labute approximate surface area is 136 Å². The van der Waals surface area contributed by atoms with Gasteiger partial charge in [-0.2, -0.15) is 0 Å². The molecule has 124 valence electrons. The average Bonchev–Trinajstić information content (AvgIpc) is 3.05. The van der Waals surface area contributed by atoms with Gasteiger partial charge in [0.2, 0.25) is 15.9 Å². The van der Waals surface area contributed by atoms with Crippen molar-refractivity contribution in [3.05, 3.63) is 54.0 Å². The van der Waals surface area contributed by atoms with Gasteiger partial charge in [-0.25, -0.2) is 13.1 Å². The van der Waals surface area contributed by atoms with Gasteiger partial charge < -0.3 is 9.32 Å². The van der Waals surface area contributed by atoms with E-state index >= 15 is 0 Å². The first kappa shape index (κ1) is 17.2. The van der Waals surface area contributed by atoms with E-state index in [0.29, 0.717) is 19.4 Å². The molecule has 1 aromatic carbocycles. The molecule has 1 heterocycles. The molecule has 0 spiro atoms. The summed E-state index contributed by atoms with van der Waals surface area (Å²) in [7, 11) is -0.323. The molecule has 0 unspecified atom stereocenters. The number of nitrogens with zero attached hydrogens (tertiary/aromatic N) is 1. The lowest BCUT2D eigenvalue weighted by Crippen LogP contribution is -2.26. The summed E-state index contributed by atoms with van der Waals surface area (Å²) in [6, 6.07) is 10.1. The van der Waals surface area contributed by atoms with Crippen LogP contribution in [0.2, 0.25) is 0 Å². The third-order valence-electron chi connectivity index (χ3n) is 3.53. The van der Waals surface area contributed by atoms with Crippen molar-refractivity contribution < 1.29 is 17.6 Å². The van der Waals surface area contributed by atoms with Crippen LogP contribution in [-0.2, 0) is 27.8 Å². The first-order valence-electron chi connectivity index (χ1n) is 7.21. The zero-order chi connectivity index (χ0) is 16.9. The lowest BCUT2D eigenvalue weighted by atomic mass is 10.1. The molecule has 0 aliphatic heterocycles. The number of hydrogen-bond acceptors (Lipinski definition) is 4. The zero-order valence-electron chi connectivity index (χ0n) is 13.2. The van der Waals surface area contributed by atoms with Crippen LogP contribution in [0.15, 0.2) is 52.0 Å². The lowest BCUT2D eigenvalue weighted by molar-refractivity contribution is -0.130. The van der Waals surface area contributed by atoms with Gasteiger partial charge in [0.1, 0.15) is 5.76 Å². The molecule has 6 nitrogen and oxygen atoms in total. The van der Waals surface area contributed by atoms with E-state index in [0.717, 1.165) is 11.3 Å². The molecular weight excluding hydrogens is 316 g/mol. The van der Waals surface area contributed by atoms with E-state index in [9.17, 15) is 13.2 Å². The average molecular weight is 336 g/mol. The molecule has 1 aromatic heterocycles. The minimum absolute atomic E-state index is 0.00771. The Balaban J connectivity index is 1.89. The van der Waals surface area contributed by atoms with E-state index in [4.69, 9.17) is 4.42 Å². The summed E-state index contributed by atoms with van der Waals surface area (Å²) in [5.41, 5.74) is 0.916. The van der Waals surface area contributed by atoms with Crippen molar-refractivity contribution in [3.63, 3.8) is 0 Å². The molecule has 0 fully saturated rings. The molecule has 0 radical (unpaired) electrons. The van der Waals surface area contributed by atoms with Crippen molar-refractivity contribution in [1.82, 2.24) is 9.62 Å². The van der Waals surface area contributed by atoms with E-state index in [1.54, 1.807) is 36.4 Å². The molecule has 0 saturated carbocycles. The number of furan rings is 1. The summed E-state index contributed by atoms with van der Waals surface area (Å²) in [6.07, 6.45) is 2.49. The number of nitrogens with one attached hydrogen (secondary N) is 1. The van der Waals surface area contributed by atoms with Crippen LogP contribution in [0.3, 0.4) is 0 Å². The third-order valence-corrected chi connectivity index (χ3v) is 4.96. The van der Waals surface area contributed by atoms with Crippen molar-refractivity contribution in [2.24, 2.45) is 0 Å². The van der Waals surface area contributed by atoms with Crippen molar-refractivity contribution >= 4 is 15.9 Å². The number of amides is 1. The van der Waals surface area contributed by atoms with Gasteiger partial charge in [-0.05, 0) is 43.3 Å². The lowest BCUT2D eigenvalue weighted by Gasteiger charge is -2.15. The van der Waals surface area contributed by atoms with Crippen LogP contribution in [-0.4, -0.2) is 33.3 Å². The van der Waals surface area contributed by atoms with E-state index in [1.165, 1.54) is 19.2 Å². The maximum atomic E-state index is 12.1. The second kappa shape index (κ2) is 7.43. The van der Waals surface area contributed by atoms with Crippen molar-refractivity contribution in [3.8, 4) is 0 Å². The number of sulfonamides is 1. The van der Waals surface area contributed by atoms with Gasteiger partial charge >= 0.3 is 0 Å². The van der Waals surface area contributed by atoms with Crippen molar-refractivity contribution in [1.29, 1.82) is 0 Å². The summed E-state index contributed by atoms with van der Waals surface area (Å²) in [6.45, 7) is 0.436. The summed E-state index contributed by atoms with van der Waals surface area (Å²) in [5, 5.41) is 0. The standard InChI is InChI=1S/C16H20N2O4S/c1-17-23(20,21)15-8-5-13(6-9-15)7-10-16(19)18(2)12-14-4-3-11-22-14/h3-6,8-9,11,17H,7,10,12H2,1-2H3. The summed E-state index contributed by atoms with van der Waals surface area (Å²) < 4.78 is 30.8. The molecule has 0 saturated heterocycles. The molecule has 2 rings (SSSR count). The predicted molar refractivity (Wildman–Crippen MR) is 86.2 cm³/mol. The first-order chi connectivity index (χ1) is 10.9. The van der Waals surface area contributed by atoms with Crippen LogP contribution in [0.4, 0.5) is 0 Å². The van der Waals surface area contributed by atoms with Crippen LogP contribution in [0.1, 0.15) is 17.7 Å². The highest BCUT2D eigenvalue weighted by Crippen LogP contribution is 2.12. The number of carbonyl (C=O) groups excluding carboxylic acids is 1. The van der Waals surface area contributed by atoms with Crippen LogP contribution < -0.4 is 4.72 Å². The monoisotopic (exact) mass is 336 g/mol. The normalized spacial score (nSPS) is 11.4. The molecule has 1 N–H and O–H groups in total. The Morgan fingerprint density at radius 2 is 1.91 bits per heavy atom. The number of carbonyl (C=O) groups is 1. The van der Waals surface area contributed by atoms with Gasteiger partial charge in [-0.15, -0.1) is 0 Å². The Hall–Kier alpha value is -2.12. The van der Waals surface area contributed by atoms with Crippen molar-refractivity contribution in [2.75, 3.05) is 14.1 Å². The Morgan fingerprint density at radius 1 is 1.22 bits per heavy atom. The third kappa shape index (κ3) is 4.67. The maximum absolute atomic E-state index is 12.1. The fourth-order valence-corrected chi connectivity index (χ4v) is 2.85. The molecule has 0 bridgehead atoms. The summed E-state index contributed by atoms with van der Waals surface area (Å²) in [5.74, 6) is 0.746. The molecular formula is C16H20N2O4S. The van der Waals surface area contributed by atoms with Crippen LogP contribution in [0.5, 0.6) is 0 Å². The fraction of sp³-hybridized carbons (Fsp3) is 0.312. The molecule has 0 atom stereocenters. The van der Waals surface area contributed by atoms with Crippen molar-refractivity contribution in [2.45, 2.75) is 24.3 Å². The Kier molecular flexibility index (Phi) is 5.57. The van der Waals surface area contributed by atoms with E-state index in [-0.39, 0.29) is 10.8 Å². The second-order valence-corrected chi connectivity index (χ2v) is 7.07. The van der Waals surface area contributed by atoms with Gasteiger partial charge in [0.15, 0.2) is 0 Å². The summed E-state index contributed by atoms with van der Waals surface area (Å²) in [4.78, 5) is 13.9. The van der Waals surface area contributed by atoms with Gasteiger partial charge in [-0.3, -0.25) is 4.79 Å². The molecule has 0 aliphatic carbocycles. The highest BCUT2D eigenvalue weighted by molar-refractivity contribution is 7.89. The summed E-state index contributed by atoms with van der Waals surface area (Å²) >= 11 is 0. The fourth-order valence-electron chi connectivity index (χ4n) is 2.12. The SMILES string of the molecule is CNS(=O)(=O)c1ccc(CCC(=O)N(C)Cc2ccco2)cc1. The van der Waals surface area contributed by atoms with E-state index < -0.39 is 10.0 Å². The van der Waals surface area contributed by atoms with Gasteiger partial charge in [0, 0.05) is 13.5 Å². The van der Waals surface area contributed by atoms with Gasteiger partial charge in [0.25, 0.3) is 0 Å². The number of rotatable bonds is 7. The molecule has 2 aromatic rings. The van der Waals surface area contributed by atoms with Crippen LogP contribution in [0.25, 0.3) is 0 Å². The quantitative estimate of drug-likeness (QED) is 0.836.